The van der Waals surface area contributed by atoms with E-state index in [9.17, 15) is 10.1 Å². The van der Waals surface area contributed by atoms with Gasteiger partial charge in [-0.05, 0) is 40.6 Å². The molecule has 1 aliphatic rings. The molecule has 0 fully saturated rings. The van der Waals surface area contributed by atoms with Crippen LogP contribution < -0.4 is 14.2 Å². The number of fused-ring (bicyclic) bond motifs is 2. The minimum atomic E-state index is -0.410. The number of hydrogen-bond donors (Lipinski definition) is 0. The lowest BCUT2D eigenvalue weighted by Gasteiger charge is -2.08. The van der Waals surface area contributed by atoms with Crippen LogP contribution in [0.5, 0.6) is 17.2 Å². The topological polar surface area (TPSA) is 70.8 Å². The highest BCUT2D eigenvalue weighted by atomic mass is 16.7. The lowest BCUT2D eigenvalue weighted by molar-refractivity contribution is -0.384. The summed E-state index contributed by atoms with van der Waals surface area (Å²) in [7, 11) is 1.60. The Balaban J connectivity index is 1.91. The fraction of sp³-hybridized carbons (Fsp3) is 0.111. The van der Waals surface area contributed by atoms with Gasteiger partial charge in [-0.2, -0.15) is 0 Å². The normalized spacial score (nSPS) is 12.4. The third-order valence-corrected chi connectivity index (χ3v) is 4.05. The fourth-order valence-corrected chi connectivity index (χ4v) is 2.83. The van der Waals surface area contributed by atoms with Gasteiger partial charge in [-0.1, -0.05) is 18.2 Å². The Hall–Kier alpha value is -3.28. The Morgan fingerprint density at radius 3 is 2.50 bits per heavy atom. The van der Waals surface area contributed by atoms with E-state index in [0.29, 0.717) is 17.1 Å². The molecule has 0 aliphatic carbocycles. The summed E-state index contributed by atoms with van der Waals surface area (Å²) in [6.45, 7) is 0.0743. The molecule has 4 rings (SSSR count). The summed E-state index contributed by atoms with van der Waals surface area (Å²) < 4.78 is 15.8. The number of benzene rings is 3. The highest BCUT2D eigenvalue weighted by molar-refractivity contribution is 5.90. The predicted octanol–water partition coefficient (Wildman–Crippen LogP) is 4.15. The molecule has 0 atom stereocenters. The summed E-state index contributed by atoms with van der Waals surface area (Å²) in [4.78, 5) is 11.0. The van der Waals surface area contributed by atoms with E-state index in [-0.39, 0.29) is 12.5 Å². The largest absolute Gasteiger partial charge is 0.497 e. The second-order valence-corrected chi connectivity index (χ2v) is 5.41. The van der Waals surface area contributed by atoms with E-state index in [1.807, 2.05) is 36.4 Å². The summed E-state index contributed by atoms with van der Waals surface area (Å²) in [5.74, 6) is 1.65. The molecule has 0 aromatic heterocycles. The lowest BCUT2D eigenvalue weighted by Crippen LogP contribution is -1.93. The van der Waals surface area contributed by atoms with Crippen LogP contribution in [0.4, 0.5) is 5.69 Å². The molecule has 0 saturated heterocycles. The quantitative estimate of drug-likeness (QED) is 0.535. The summed E-state index contributed by atoms with van der Waals surface area (Å²) in [5, 5.41) is 13.4. The number of rotatable bonds is 3. The molecule has 1 heterocycles. The second-order valence-electron chi connectivity index (χ2n) is 5.41. The summed E-state index contributed by atoms with van der Waals surface area (Å²) in [5.41, 5.74) is 1.22. The predicted molar refractivity (Wildman–Crippen MR) is 88.7 cm³/mol. The van der Waals surface area contributed by atoms with Crippen molar-refractivity contribution in [2.24, 2.45) is 0 Å². The van der Waals surface area contributed by atoms with E-state index in [0.717, 1.165) is 22.1 Å². The highest BCUT2D eigenvalue weighted by Gasteiger charge is 2.24. The van der Waals surface area contributed by atoms with Gasteiger partial charge in [0.15, 0.2) is 11.5 Å². The van der Waals surface area contributed by atoms with Crippen LogP contribution in [0.2, 0.25) is 0 Å². The molecule has 0 bridgehead atoms. The number of nitrogens with zero attached hydrogens (tertiary/aromatic N) is 1. The number of ether oxygens (including phenoxy) is 3. The van der Waals surface area contributed by atoms with E-state index in [1.54, 1.807) is 13.2 Å². The maximum absolute atomic E-state index is 11.4. The second kappa shape index (κ2) is 5.42. The summed E-state index contributed by atoms with van der Waals surface area (Å²) in [6, 6.07) is 14.5. The van der Waals surface area contributed by atoms with Gasteiger partial charge in [-0.15, -0.1) is 0 Å². The van der Waals surface area contributed by atoms with Crippen molar-refractivity contribution < 1.29 is 19.1 Å². The molecule has 0 spiro atoms. The van der Waals surface area contributed by atoms with Gasteiger partial charge in [-0.3, -0.25) is 10.1 Å². The maximum atomic E-state index is 11.4. The summed E-state index contributed by atoms with van der Waals surface area (Å²) in [6.07, 6.45) is 0. The average molecular weight is 323 g/mol. The molecular formula is C18H13NO5. The first-order valence-electron chi connectivity index (χ1n) is 7.32. The van der Waals surface area contributed by atoms with Crippen molar-refractivity contribution in [3.8, 4) is 28.4 Å². The van der Waals surface area contributed by atoms with Crippen molar-refractivity contribution in [2.75, 3.05) is 13.9 Å². The SMILES string of the molecule is COc1ccc2ccc(-c3cc4c(cc3[N+](=O)[O-])OCO4)cc2c1. The van der Waals surface area contributed by atoms with E-state index < -0.39 is 4.92 Å². The van der Waals surface area contributed by atoms with E-state index in [1.165, 1.54) is 6.07 Å². The smallest absolute Gasteiger partial charge is 0.281 e. The minimum Gasteiger partial charge on any atom is -0.497 e. The van der Waals surface area contributed by atoms with Crippen LogP contribution in [0, 0.1) is 10.1 Å². The van der Waals surface area contributed by atoms with Gasteiger partial charge in [0, 0.05) is 0 Å². The molecule has 0 radical (unpaired) electrons. The van der Waals surface area contributed by atoms with Crippen LogP contribution in [-0.2, 0) is 0 Å². The molecular weight excluding hydrogens is 310 g/mol. The van der Waals surface area contributed by atoms with Crippen molar-refractivity contribution in [3.05, 3.63) is 58.6 Å². The first kappa shape index (κ1) is 14.3. The number of nitro benzene ring substituents is 1. The van der Waals surface area contributed by atoms with Crippen LogP contribution in [0.25, 0.3) is 21.9 Å². The van der Waals surface area contributed by atoms with Crippen LogP contribution in [0.1, 0.15) is 0 Å². The number of hydrogen-bond acceptors (Lipinski definition) is 5. The van der Waals surface area contributed by atoms with Crippen LogP contribution in [0.15, 0.2) is 48.5 Å². The van der Waals surface area contributed by atoms with E-state index >= 15 is 0 Å². The Bertz CT molecular complexity index is 967. The van der Waals surface area contributed by atoms with Gasteiger partial charge in [0.1, 0.15) is 5.75 Å². The third-order valence-electron chi connectivity index (χ3n) is 4.05. The van der Waals surface area contributed by atoms with E-state index in [2.05, 4.69) is 0 Å². The van der Waals surface area contributed by atoms with Gasteiger partial charge in [-0.25, -0.2) is 0 Å². The number of methoxy groups -OCH3 is 1. The third kappa shape index (κ3) is 2.28. The highest BCUT2D eigenvalue weighted by Crippen LogP contribution is 2.42. The molecule has 120 valence electrons. The van der Waals surface area contributed by atoms with Gasteiger partial charge in [0.05, 0.1) is 23.7 Å². The molecule has 3 aromatic rings. The zero-order chi connectivity index (χ0) is 16.7. The standard InChI is InChI=1S/C18H13NO5/c1-22-14-5-4-11-2-3-12(6-13(11)7-14)15-8-17-18(24-10-23-17)9-16(15)19(20)21/h2-9H,10H2,1H3. The van der Waals surface area contributed by atoms with Crippen molar-refractivity contribution in [1.29, 1.82) is 0 Å². The summed E-state index contributed by atoms with van der Waals surface area (Å²) >= 11 is 0. The monoisotopic (exact) mass is 323 g/mol. The van der Waals surface area contributed by atoms with Gasteiger partial charge in [0.25, 0.3) is 5.69 Å². The maximum Gasteiger partial charge on any atom is 0.281 e. The zero-order valence-corrected chi connectivity index (χ0v) is 12.8. The van der Waals surface area contributed by atoms with Crippen molar-refractivity contribution in [2.45, 2.75) is 0 Å². The van der Waals surface area contributed by atoms with Gasteiger partial charge < -0.3 is 14.2 Å². The number of nitro groups is 1. The lowest BCUT2D eigenvalue weighted by atomic mass is 9.99. The Morgan fingerprint density at radius 2 is 1.75 bits per heavy atom. The molecule has 0 N–H and O–H groups in total. The van der Waals surface area contributed by atoms with Crippen LogP contribution >= 0.6 is 0 Å². The molecule has 24 heavy (non-hydrogen) atoms. The van der Waals surface area contributed by atoms with E-state index in [4.69, 9.17) is 14.2 Å². The van der Waals surface area contributed by atoms with Gasteiger partial charge in [0.2, 0.25) is 6.79 Å². The van der Waals surface area contributed by atoms with Gasteiger partial charge >= 0.3 is 0 Å². The van der Waals surface area contributed by atoms with Crippen LogP contribution in [-0.4, -0.2) is 18.8 Å². The molecule has 3 aromatic carbocycles. The minimum absolute atomic E-state index is 0.0125. The average Bonchev–Trinajstić information content (AvgIpc) is 3.07. The molecule has 1 aliphatic heterocycles. The zero-order valence-electron chi connectivity index (χ0n) is 12.8. The fourth-order valence-electron chi connectivity index (χ4n) is 2.83. The Kier molecular flexibility index (Phi) is 3.23. The molecule has 0 unspecified atom stereocenters. The Morgan fingerprint density at radius 1 is 1.00 bits per heavy atom. The molecule has 6 nitrogen and oxygen atoms in total. The van der Waals surface area contributed by atoms with Crippen molar-refractivity contribution in [3.63, 3.8) is 0 Å². The molecule has 6 heteroatoms. The molecule has 0 saturated carbocycles. The molecule has 0 amide bonds. The van der Waals surface area contributed by atoms with Crippen molar-refractivity contribution in [1.82, 2.24) is 0 Å². The first-order valence-corrected chi connectivity index (χ1v) is 7.32. The van der Waals surface area contributed by atoms with Crippen LogP contribution in [0.3, 0.4) is 0 Å². The first-order chi connectivity index (χ1) is 11.7. The van der Waals surface area contributed by atoms with Crippen molar-refractivity contribution >= 4 is 16.5 Å². The Labute approximate surface area is 137 Å².